The molecule has 3 aromatic rings. The third-order valence-corrected chi connectivity index (χ3v) is 4.56. The average Bonchev–Trinajstić information content (AvgIpc) is 3.19. The molecule has 0 spiro atoms. The van der Waals surface area contributed by atoms with Gasteiger partial charge in [0.15, 0.2) is 0 Å². The number of pyridine rings is 1. The minimum atomic E-state index is 0.0555. The highest BCUT2D eigenvalue weighted by atomic mass is 16.5. The molecule has 130 valence electrons. The molecular formula is C20H19N5O. The second kappa shape index (κ2) is 7.48. The number of aromatic nitrogens is 3. The second-order valence-corrected chi connectivity index (χ2v) is 6.30. The van der Waals surface area contributed by atoms with Crippen molar-refractivity contribution in [3.63, 3.8) is 0 Å². The van der Waals surface area contributed by atoms with Crippen LogP contribution in [0.5, 0.6) is 0 Å². The van der Waals surface area contributed by atoms with Crippen LogP contribution in [0.1, 0.15) is 23.0 Å². The summed E-state index contributed by atoms with van der Waals surface area (Å²) in [6.07, 6.45) is 5.42. The molecular weight excluding hydrogens is 326 g/mol. The Morgan fingerprint density at radius 3 is 3.08 bits per heavy atom. The third kappa shape index (κ3) is 3.49. The monoisotopic (exact) mass is 345 g/mol. The van der Waals surface area contributed by atoms with Crippen LogP contribution in [-0.2, 0) is 11.3 Å². The van der Waals surface area contributed by atoms with Gasteiger partial charge in [-0.1, -0.05) is 12.1 Å². The molecule has 26 heavy (non-hydrogen) atoms. The van der Waals surface area contributed by atoms with Gasteiger partial charge in [-0.25, -0.2) is 4.98 Å². The summed E-state index contributed by atoms with van der Waals surface area (Å²) in [5, 5.41) is 9.11. The van der Waals surface area contributed by atoms with Crippen LogP contribution in [-0.4, -0.2) is 39.6 Å². The summed E-state index contributed by atoms with van der Waals surface area (Å²) >= 11 is 0. The van der Waals surface area contributed by atoms with E-state index in [0.717, 1.165) is 35.7 Å². The van der Waals surface area contributed by atoms with Crippen molar-refractivity contribution in [3.8, 4) is 17.3 Å². The lowest BCUT2D eigenvalue weighted by Crippen LogP contribution is -2.39. The zero-order valence-electron chi connectivity index (χ0n) is 14.3. The largest absolute Gasteiger partial charge is 0.378 e. The van der Waals surface area contributed by atoms with Gasteiger partial charge < -0.3 is 9.72 Å². The number of hydrogen-bond donors (Lipinski definition) is 1. The zero-order chi connectivity index (χ0) is 17.8. The summed E-state index contributed by atoms with van der Waals surface area (Å²) in [4.78, 5) is 14.5. The van der Waals surface area contributed by atoms with Crippen molar-refractivity contribution in [1.29, 1.82) is 5.26 Å². The molecule has 3 heterocycles. The van der Waals surface area contributed by atoms with Crippen LogP contribution in [0.2, 0.25) is 0 Å². The lowest BCUT2D eigenvalue weighted by Gasteiger charge is -2.34. The number of rotatable bonds is 4. The van der Waals surface area contributed by atoms with Crippen LogP contribution in [0.25, 0.3) is 11.3 Å². The van der Waals surface area contributed by atoms with Crippen LogP contribution in [0, 0.1) is 11.3 Å². The maximum atomic E-state index is 9.11. The molecule has 1 saturated heterocycles. The Kier molecular flexibility index (Phi) is 4.73. The van der Waals surface area contributed by atoms with Gasteiger partial charge in [-0.15, -0.1) is 0 Å². The van der Waals surface area contributed by atoms with Gasteiger partial charge in [-0.2, -0.15) is 5.26 Å². The summed E-state index contributed by atoms with van der Waals surface area (Å²) < 4.78 is 5.70. The summed E-state index contributed by atoms with van der Waals surface area (Å²) in [7, 11) is 0. The summed E-state index contributed by atoms with van der Waals surface area (Å²) in [5.74, 6) is 0.889. The van der Waals surface area contributed by atoms with E-state index in [1.165, 1.54) is 0 Å². The number of nitriles is 1. The fraction of sp³-hybridized carbons (Fsp3) is 0.250. The Morgan fingerprint density at radius 1 is 1.27 bits per heavy atom. The minimum absolute atomic E-state index is 0.0555. The van der Waals surface area contributed by atoms with E-state index in [0.29, 0.717) is 18.8 Å². The lowest BCUT2D eigenvalue weighted by molar-refractivity contribution is -0.0156. The lowest BCUT2D eigenvalue weighted by atomic mass is 10.1. The van der Waals surface area contributed by atoms with Crippen LogP contribution in [0.3, 0.4) is 0 Å². The van der Waals surface area contributed by atoms with E-state index in [9.17, 15) is 0 Å². The molecule has 1 unspecified atom stereocenters. The number of H-pyrrole nitrogens is 1. The SMILES string of the molecule is N#Cc1cccc(CN2CCOCC2c2ncc(-c3cccnc3)[nH]2)c1. The van der Waals surface area contributed by atoms with Crippen molar-refractivity contribution < 1.29 is 4.74 Å². The first-order valence-corrected chi connectivity index (χ1v) is 8.59. The van der Waals surface area contributed by atoms with Gasteiger partial charge in [0.05, 0.1) is 42.8 Å². The minimum Gasteiger partial charge on any atom is -0.378 e. The molecule has 1 aromatic carbocycles. The second-order valence-electron chi connectivity index (χ2n) is 6.30. The van der Waals surface area contributed by atoms with Crippen molar-refractivity contribution in [1.82, 2.24) is 19.9 Å². The quantitative estimate of drug-likeness (QED) is 0.787. The van der Waals surface area contributed by atoms with Crippen molar-refractivity contribution in [2.24, 2.45) is 0 Å². The zero-order valence-corrected chi connectivity index (χ0v) is 14.3. The highest BCUT2D eigenvalue weighted by molar-refractivity contribution is 5.56. The van der Waals surface area contributed by atoms with E-state index in [1.54, 1.807) is 6.20 Å². The van der Waals surface area contributed by atoms with E-state index in [-0.39, 0.29) is 6.04 Å². The van der Waals surface area contributed by atoms with Gasteiger partial charge in [-0.3, -0.25) is 9.88 Å². The van der Waals surface area contributed by atoms with Crippen molar-refractivity contribution in [2.45, 2.75) is 12.6 Å². The normalized spacial score (nSPS) is 17.7. The highest BCUT2D eigenvalue weighted by Crippen LogP contribution is 2.26. The number of nitrogens with one attached hydrogen (secondary N) is 1. The predicted octanol–water partition coefficient (Wildman–Crippen LogP) is 2.92. The average molecular weight is 345 g/mol. The van der Waals surface area contributed by atoms with Gasteiger partial charge in [0, 0.05) is 31.0 Å². The number of benzene rings is 1. The smallest absolute Gasteiger partial charge is 0.126 e. The predicted molar refractivity (Wildman–Crippen MR) is 96.9 cm³/mol. The highest BCUT2D eigenvalue weighted by Gasteiger charge is 2.27. The number of imidazole rings is 1. The Hall–Kier alpha value is -3.01. The number of aromatic amines is 1. The molecule has 1 N–H and O–H groups in total. The standard InChI is InChI=1S/C20H19N5O/c21-10-15-3-1-4-16(9-15)13-25-7-8-26-14-19(25)20-23-12-18(24-20)17-5-2-6-22-11-17/h1-6,9,11-12,19H,7-8,13-14H2,(H,23,24). The topological polar surface area (TPSA) is 77.8 Å². The van der Waals surface area contributed by atoms with Crippen molar-refractivity contribution in [3.05, 3.63) is 71.9 Å². The Labute approximate surface area is 152 Å². The van der Waals surface area contributed by atoms with Crippen molar-refractivity contribution in [2.75, 3.05) is 19.8 Å². The maximum Gasteiger partial charge on any atom is 0.126 e. The Bertz CT molecular complexity index is 915. The summed E-state index contributed by atoms with van der Waals surface area (Å²) in [6.45, 7) is 2.87. The molecule has 1 aliphatic rings. The van der Waals surface area contributed by atoms with E-state index < -0.39 is 0 Å². The summed E-state index contributed by atoms with van der Waals surface area (Å²) in [6, 6.07) is 13.9. The van der Waals surface area contributed by atoms with E-state index >= 15 is 0 Å². The van der Waals surface area contributed by atoms with Gasteiger partial charge in [-0.05, 0) is 29.8 Å². The van der Waals surface area contributed by atoms with Gasteiger partial charge in [0.2, 0.25) is 0 Å². The molecule has 0 saturated carbocycles. The van der Waals surface area contributed by atoms with Crippen molar-refractivity contribution >= 4 is 0 Å². The molecule has 1 aliphatic heterocycles. The molecule has 1 fully saturated rings. The van der Waals surface area contributed by atoms with Gasteiger partial charge >= 0.3 is 0 Å². The molecule has 0 radical (unpaired) electrons. The van der Waals surface area contributed by atoms with E-state index in [4.69, 9.17) is 10.00 Å². The number of hydrogen-bond acceptors (Lipinski definition) is 5. The first-order valence-electron chi connectivity index (χ1n) is 8.59. The van der Waals surface area contributed by atoms with E-state index in [1.807, 2.05) is 42.7 Å². The maximum absolute atomic E-state index is 9.11. The number of ether oxygens (including phenoxy) is 1. The van der Waals surface area contributed by atoms with E-state index in [2.05, 4.69) is 32.0 Å². The number of morpholine rings is 1. The fourth-order valence-corrected chi connectivity index (χ4v) is 3.23. The Balaban J connectivity index is 1.56. The van der Waals surface area contributed by atoms with Crippen LogP contribution >= 0.6 is 0 Å². The first-order chi connectivity index (χ1) is 12.8. The Morgan fingerprint density at radius 2 is 2.23 bits per heavy atom. The molecule has 4 rings (SSSR count). The van der Waals surface area contributed by atoms with Crippen LogP contribution < -0.4 is 0 Å². The molecule has 1 atom stereocenters. The molecule has 0 aliphatic carbocycles. The fourth-order valence-electron chi connectivity index (χ4n) is 3.23. The third-order valence-electron chi connectivity index (χ3n) is 4.56. The van der Waals surface area contributed by atoms with Gasteiger partial charge in [0.25, 0.3) is 0 Å². The van der Waals surface area contributed by atoms with Crippen LogP contribution in [0.4, 0.5) is 0 Å². The molecule has 6 nitrogen and oxygen atoms in total. The molecule has 0 amide bonds. The molecule has 2 aromatic heterocycles. The summed E-state index contributed by atoms with van der Waals surface area (Å²) in [5.41, 5.74) is 3.76. The molecule has 0 bridgehead atoms. The first kappa shape index (κ1) is 16.5. The molecule has 6 heteroatoms. The van der Waals surface area contributed by atoms with Gasteiger partial charge in [0.1, 0.15) is 5.82 Å². The van der Waals surface area contributed by atoms with Crippen LogP contribution in [0.15, 0.2) is 55.0 Å². The number of nitrogens with zero attached hydrogens (tertiary/aromatic N) is 4.